The summed E-state index contributed by atoms with van der Waals surface area (Å²) in [5.41, 5.74) is 5.16. The van der Waals surface area contributed by atoms with Crippen molar-refractivity contribution in [1.29, 1.82) is 0 Å². The van der Waals surface area contributed by atoms with Gasteiger partial charge in [0.25, 0.3) is 0 Å². The molecule has 0 saturated carbocycles. The number of aryl methyl sites for hydroxylation is 2. The third-order valence-corrected chi connectivity index (χ3v) is 5.07. The third kappa shape index (κ3) is 5.21. The van der Waals surface area contributed by atoms with Crippen LogP contribution in [0.5, 0.6) is 0 Å². The predicted molar refractivity (Wildman–Crippen MR) is 118 cm³/mol. The second kappa shape index (κ2) is 9.50. The van der Waals surface area contributed by atoms with E-state index in [4.69, 9.17) is 16.3 Å². The van der Waals surface area contributed by atoms with Gasteiger partial charge in [-0.15, -0.1) is 0 Å². The second-order valence-corrected chi connectivity index (χ2v) is 7.48. The van der Waals surface area contributed by atoms with Crippen LogP contribution in [-0.2, 0) is 17.8 Å². The van der Waals surface area contributed by atoms with Crippen LogP contribution in [0.2, 0.25) is 5.02 Å². The normalized spacial score (nSPS) is 10.5. The van der Waals surface area contributed by atoms with E-state index in [1.807, 2.05) is 18.3 Å². The zero-order chi connectivity index (χ0) is 21.7. The van der Waals surface area contributed by atoms with Crippen LogP contribution in [0.3, 0.4) is 0 Å². The Morgan fingerprint density at radius 2 is 1.90 bits per heavy atom. The molecule has 0 saturated heterocycles. The molecule has 2 aromatic carbocycles. The average molecular weight is 426 g/mol. The van der Waals surface area contributed by atoms with Gasteiger partial charge in [0, 0.05) is 23.5 Å². The van der Waals surface area contributed by atoms with Crippen molar-refractivity contribution in [3.8, 4) is 0 Å². The first-order valence-electron chi connectivity index (χ1n) is 9.50. The van der Waals surface area contributed by atoms with E-state index in [0.29, 0.717) is 11.6 Å². The van der Waals surface area contributed by atoms with E-state index >= 15 is 0 Å². The molecule has 30 heavy (non-hydrogen) atoms. The molecule has 0 aliphatic carbocycles. The minimum absolute atomic E-state index is 0.232. The Morgan fingerprint density at radius 1 is 1.10 bits per heavy atom. The molecule has 7 heteroatoms. The lowest BCUT2D eigenvalue weighted by molar-refractivity contribution is 0.0602. The summed E-state index contributed by atoms with van der Waals surface area (Å²) in [5, 5.41) is 5.90. The van der Waals surface area contributed by atoms with E-state index in [1.54, 1.807) is 6.07 Å². The highest BCUT2D eigenvalue weighted by Crippen LogP contribution is 2.22. The molecule has 3 rings (SSSR count). The zero-order valence-corrected chi connectivity index (χ0v) is 17.9. The topological polar surface area (TPSA) is 72.4 Å². The number of halogens is 1. The van der Waals surface area contributed by atoms with E-state index < -0.39 is 12.0 Å². The van der Waals surface area contributed by atoms with Crippen LogP contribution in [0.25, 0.3) is 0 Å². The first kappa shape index (κ1) is 21.5. The van der Waals surface area contributed by atoms with Crippen molar-refractivity contribution in [3.63, 3.8) is 0 Å². The summed E-state index contributed by atoms with van der Waals surface area (Å²) < 4.78 is 6.85. The summed E-state index contributed by atoms with van der Waals surface area (Å²) in [6, 6.07) is 14.4. The molecule has 0 aliphatic heterocycles. The molecule has 0 atom stereocenters. The Morgan fingerprint density at radius 3 is 2.67 bits per heavy atom. The third-order valence-electron chi connectivity index (χ3n) is 4.83. The fourth-order valence-electron chi connectivity index (χ4n) is 3.16. The lowest BCUT2D eigenvalue weighted by Crippen LogP contribution is -2.29. The van der Waals surface area contributed by atoms with Gasteiger partial charge in [0.1, 0.15) is 0 Å². The Balaban J connectivity index is 1.67. The van der Waals surface area contributed by atoms with Gasteiger partial charge in [0.05, 0.1) is 24.9 Å². The molecule has 0 unspecified atom stereocenters. The predicted octanol–water partition coefficient (Wildman–Crippen LogP) is 4.91. The molecule has 0 fully saturated rings. The van der Waals surface area contributed by atoms with E-state index in [2.05, 4.69) is 47.2 Å². The Hall–Kier alpha value is -3.25. The van der Waals surface area contributed by atoms with Crippen molar-refractivity contribution in [3.05, 3.63) is 87.7 Å². The summed E-state index contributed by atoms with van der Waals surface area (Å²) in [6.45, 7) is 5.22. The number of carbonyl (C=O) groups excluding carboxylic acids is 2. The summed E-state index contributed by atoms with van der Waals surface area (Å²) in [7, 11) is 1.28. The lowest BCUT2D eigenvalue weighted by Gasteiger charge is -2.14. The van der Waals surface area contributed by atoms with E-state index in [0.717, 1.165) is 12.2 Å². The number of nitrogens with zero attached hydrogens (tertiary/aromatic N) is 1. The summed E-state index contributed by atoms with van der Waals surface area (Å²) >= 11 is 6.00. The standard InChI is InChI=1S/C23H24ClN3O3/c1-15-6-7-16(2)17(11-15)14-27-10-4-5-19(27)13-25-23(29)26-21-12-18(24)8-9-20(21)22(28)30-3/h4-12H,13-14H2,1-3H3,(H2,25,26,29). The number of carbonyl (C=O) groups is 2. The van der Waals surface area contributed by atoms with E-state index in [9.17, 15) is 9.59 Å². The molecule has 0 aliphatic rings. The molecular weight excluding hydrogens is 402 g/mol. The fraction of sp³-hybridized carbons (Fsp3) is 0.217. The minimum atomic E-state index is -0.552. The number of methoxy groups -OCH3 is 1. The van der Waals surface area contributed by atoms with Crippen LogP contribution in [-0.4, -0.2) is 23.7 Å². The van der Waals surface area contributed by atoms with Crippen molar-refractivity contribution in [2.45, 2.75) is 26.9 Å². The molecule has 0 bridgehead atoms. The lowest BCUT2D eigenvalue weighted by atomic mass is 10.1. The summed E-state index contributed by atoms with van der Waals surface area (Å²) in [5.74, 6) is -0.552. The molecule has 3 aromatic rings. The molecule has 2 N–H and O–H groups in total. The Kier molecular flexibility index (Phi) is 6.79. The van der Waals surface area contributed by atoms with Crippen LogP contribution < -0.4 is 10.6 Å². The zero-order valence-electron chi connectivity index (χ0n) is 17.2. The van der Waals surface area contributed by atoms with Crippen molar-refractivity contribution in [1.82, 2.24) is 9.88 Å². The number of hydrogen-bond acceptors (Lipinski definition) is 3. The van der Waals surface area contributed by atoms with Crippen LogP contribution in [0.4, 0.5) is 10.5 Å². The van der Waals surface area contributed by atoms with Gasteiger partial charge in [0.2, 0.25) is 0 Å². The van der Waals surface area contributed by atoms with Gasteiger partial charge < -0.3 is 19.9 Å². The monoisotopic (exact) mass is 425 g/mol. The van der Waals surface area contributed by atoms with Gasteiger partial charge in [-0.1, -0.05) is 35.4 Å². The molecule has 1 aromatic heterocycles. The van der Waals surface area contributed by atoms with Gasteiger partial charge in [-0.25, -0.2) is 9.59 Å². The van der Waals surface area contributed by atoms with Gasteiger partial charge in [-0.2, -0.15) is 0 Å². The number of urea groups is 1. The number of hydrogen-bond donors (Lipinski definition) is 2. The number of amides is 2. The number of ether oxygens (including phenoxy) is 1. The quantitative estimate of drug-likeness (QED) is 0.551. The largest absolute Gasteiger partial charge is 0.465 e. The molecule has 2 amide bonds. The Bertz CT molecular complexity index is 1080. The van der Waals surface area contributed by atoms with Crippen LogP contribution in [0, 0.1) is 13.8 Å². The summed E-state index contributed by atoms with van der Waals surface area (Å²) in [4.78, 5) is 24.3. The number of anilines is 1. The number of nitrogens with one attached hydrogen (secondary N) is 2. The molecule has 6 nitrogen and oxygen atoms in total. The van der Waals surface area contributed by atoms with Crippen LogP contribution >= 0.6 is 11.6 Å². The van der Waals surface area contributed by atoms with Gasteiger partial charge in [0.15, 0.2) is 0 Å². The number of aromatic nitrogens is 1. The maximum atomic E-state index is 12.4. The number of rotatable bonds is 6. The van der Waals surface area contributed by atoms with Gasteiger partial charge in [-0.3, -0.25) is 0 Å². The molecule has 156 valence electrons. The first-order valence-corrected chi connectivity index (χ1v) is 9.88. The smallest absolute Gasteiger partial charge is 0.339 e. The van der Waals surface area contributed by atoms with Gasteiger partial charge >= 0.3 is 12.0 Å². The average Bonchev–Trinajstić information content (AvgIpc) is 3.16. The van der Waals surface area contributed by atoms with E-state index in [-0.39, 0.29) is 11.3 Å². The Labute approximate surface area is 180 Å². The maximum Gasteiger partial charge on any atom is 0.339 e. The first-order chi connectivity index (χ1) is 14.4. The molecule has 0 radical (unpaired) electrons. The van der Waals surface area contributed by atoms with Crippen molar-refractivity contribution in [2.24, 2.45) is 0 Å². The van der Waals surface area contributed by atoms with Crippen molar-refractivity contribution in [2.75, 3.05) is 12.4 Å². The van der Waals surface area contributed by atoms with Crippen LogP contribution in [0.1, 0.15) is 32.7 Å². The number of esters is 1. The van der Waals surface area contributed by atoms with E-state index in [1.165, 1.54) is 35.9 Å². The number of benzene rings is 2. The summed E-state index contributed by atoms with van der Waals surface area (Å²) in [6.07, 6.45) is 1.99. The fourth-order valence-corrected chi connectivity index (χ4v) is 3.34. The minimum Gasteiger partial charge on any atom is -0.465 e. The van der Waals surface area contributed by atoms with Crippen molar-refractivity contribution < 1.29 is 14.3 Å². The molecular formula is C23H24ClN3O3. The highest BCUT2D eigenvalue weighted by molar-refractivity contribution is 6.31. The highest BCUT2D eigenvalue weighted by Gasteiger charge is 2.15. The van der Waals surface area contributed by atoms with Gasteiger partial charge in [-0.05, 0) is 55.3 Å². The molecule has 1 heterocycles. The SMILES string of the molecule is COC(=O)c1ccc(Cl)cc1NC(=O)NCc1cccn1Cc1cc(C)ccc1C. The van der Waals surface area contributed by atoms with Crippen LogP contribution in [0.15, 0.2) is 54.7 Å². The van der Waals surface area contributed by atoms with Crippen molar-refractivity contribution >= 4 is 29.3 Å². The second-order valence-electron chi connectivity index (χ2n) is 7.05. The molecule has 0 spiro atoms. The maximum absolute atomic E-state index is 12.4. The highest BCUT2D eigenvalue weighted by atomic mass is 35.5.